The molecular formula is C28H29N5O3. The lowest BCUT2D eigenvalue weighted by molar-refractivity contribution is 0.0954. The summed E-state index contributed by atoms with van der Waals surface area (Å²) in [6.07, 6.45) is 5.34. The highest BCUT2D eigenvalue weighted by molar-refractivity contribution is 5.98. The van der Waals surface area contributed by atoms with Crippen LogP contribution in [0.4, 0.5) is 5.82 Å². The Morgan fingerprint density at radius 2 is 1.94 bits per heavy atom. The maximum absolute atomic E-state index is 12.8. The van der Waals surface area contributed by atoms with E-state index < -0.39 is 0 Å². The van der Waals surface area contributed by atoms with Gasteiger partial charge in [0.25, 0.3) is 5.91 Å². The standard InChI is InChI=1S/C28H29N5O3/c1-36-23-6-2-5-20(16-23)26-27(33-14-10-22(34)11-15-33)32-24-8-7-21(17-25(24)31-26)28(35)30-13-9-19-4-3-12-29-18-19/h2-8,12,16-18,22,34H,9-11,13-15H2,1H3,(H,30,35). The third kappa shape index (κ3) is 5.28. The van der Waals surface area contributed by atoms with Crippen molar-refractivity contribution in [2.75, 3.05) is 31.6 Å². The highest BCUT2D eigenvalue weighted by Gasteiger charge is 2.23. The van der Waals surface area contributed by atoms with E-state index in [2.05, 4.69) is 15.2 Å². The minimum Gasteiger partial charge on any atom is -0.497 e. The lowest BCUT2D eigenvalue weighted by atomic mass is 10.1. The van der Waals surface area contributed by atoms with E-state index in [0.29, 0.717) is 50.0 Å². The maximum atomic E-state index is 12.8. The van der Waals surface area contributed by atoms with Gasteiger partial charge in [-0.15, -0.1) is 0 Å². The molecule has 4 aromatic rings. The number of aliphatic hydroxyl groups excluding tert-OH is 1. The number of aromatic nitrogens is 3. The van der Waals surface area contributed by atoms with Crippen molar-refractivity contribution >= 4 is 22.8 Å². The molecule has 0 aliphatic carbocycles. The number of nitrogens with zero attached hydrogens (tertiary/aromatic N) is 4. The Morgan fingerprint density at radius 3 is 2.72 bits per heavy atom. The van der Waals surface area contributed by atoms with Crippen LogP contribution in [0.25, 0.3) is 22.3 Å². The molecule has 1 aliphatic rings. The van der Waals surface area contributed by atoms with Gasteiger partial charge < -0.3 is 20.1 Å². The van der Waals surface area contributed by atoms with Gasteiger partial charge >= 0.3 is 0 Å². The number of benzene rings is 2. The molecule has 1 fully saturated rings. The average Bonchev–Trinajstić information content (AvgIpc) is 2.93. The van der Waals surface area contributed by atoms with Crippen molar-refractivity contribution < 1.29 is 14.6 Å². The summed E-state index contributed by atoms with van der Waals surface area (Å²) in [5.41, 5.74) is 4.59. The van der Waals surface area contributed by atoms with Gasteiger partial charge in [-0.2, -0.15) is 0 Å². The molecule has 1 amide bonds. The second-order valence-corrected chi connectivity index (χ2v) is 8.92. The molecule has 36 heavy (non-hydrogen) atoms. The van der Waals surface area contributed by atoms with E-state index in [4.69, 9.17) is 14.7 Å². The van der Waals surface area contributed by atoms with E-state index in [1.807, 2.05) is 42.5 Å². The first-order valence-corrected chi connectivity index (χ1v) is 12.2. The monoisotopic (exact) mass is 483 g/mol. The van der Waals surface area contributed by atoms with Crippen LogP contribution in [-0.4, -0.2) is 58.8 Å². The fourth-order valence-electron chi connectivity index (χ4n) is 4.42. The predicted octanol–water partition coefficient (Wildman–Crippen LogP) is 3.63. The summed E-state index contributed by atoms with van der Waals surface area (Å²) in [5, 5.41) is 13.0. The molecule has 2 N–H and O–H groups in total. The quantitative estimate of drug-likeness (QED) is 0.414. The van der Waals surface area contributed by atoms with Crippen LogP contribution in [0, 0.1) is 0 Å². The maximum Gasteiger partial charge on any atom is 0.251 e. The number of piperidine rings is 1. The third-order valence-corrected chi connectivity index (χ3v) is 6.44. The summed E-state index contributed by atoms with van der Waals surface area (Å²) in [6.45, 7) is 1.93. The summed E-state index contributed by atoms with van der Waals surface area (Å²) < 4.78 is 5.43. The number of methoxy groups -OCH3 is 1. The van der Waals surface area contributed by atoms with E-state index in [0.717, 1.165) is 33.9 Å². The summed E-state index contributed by atoms with van der Waals surface area (Å²) in [4.78, 5) is 29.1. The fraction of sp³-hybridized carbons (Fsp3) is 0.286. The van der Waals surface area contributed by atoms with Crippen molar-refractivity contribution in [3.8, 4) is 17.0 Å². The number of anilines is 1. The molecule has 3 heterocycles. The van der Waals surface area contributed by atoms with Gasteiger partial charge in [0.1, 0.15) is 11.4 Å². The highest BCUT2D eigenvalue weighted by atomic mass is 16.5. The van der Waals surface area contributed by atoms with E-state index >= 15 is 0 Å². The van der Waals surface area contributed by atoms with Gasteiger partial charge in [-0.25, -0.2) is 9.97 Å². The van der Waals surface area contributed by atoms with Crippen LogP contribution < -0.4 is 15.0 Å². The molecule has 8 nitrogen and oxygen atoms in total. The average molecular weight is 484 g/mol. The number of carbonyl (C=O) groups is 1. The number of nitrogens with one attached hydrogen (secondary N) is 1. The van der Waals surface area contributed by atoms with Crippen LogP contribution >= 0.6 is 0 Å². The zero-order chi connectivity index (χ0) is 24.9. The third-order valence-electron chi connectivity index (χ3n) is 6.44. The zero-order valence-corrected chi connectivity index (χ0v) is 20.2. The van der Waals surface area contributed by atoms with Crippen LogP contribution in [0.15, 0.2) is 67.0 Å². The molecule has 184 valence electrons. The molecule has 0 unspecified atom stereocenters. The Hall–Kier alpha value is -4.04. The molecule has 5 rings (SSSR count). The van der Waals surface area contributed by atoms with Gasteiger partial charge in [-0.05, 0) is 61.2 Å². The number of hydrogen-bond acceptors (Lipinski definition) is 7. The number of fused-ring (bicyclic) bond motifs is 1. The topological polar surface area (TPSA) is 100 Å². The Morgan fingerprint density at radius 1 is 1.08 bits per heavy atom. The number of ether oxygens (including phenoxy) is 1. The minimum atomic E-state index is -0.283. The van der Waals surface area contributed by atoms with Gasteiger partial charge in [0.2, 0.25) is 0 Å². The molecule has 2 aromatic carbocycles. The van der Waals surface area contributed by atoms with E-state index in [1.54, 1.807) is 31.6 Å². The van der Waals surface area contributed by atoms with Crippen LogP contribution in [0.2, 0.25) is 0 Å². The number of carbonyl (C=O) groups excluding carboxylic acids is 1. The molecule has 8 heteroatoms. The second kappa shape index (κ2) is 10.7. The van der Waals surface area contributed by atoms with Gasteiger partial charge in [-0.1, -0.05) is 18.2 Å². The summed E-state index contributed by atoms with van der Waals surface area (Å²) in [5.74, 6) is 1.35. The zero-order valence-electron chi connectivity index (χ0n) is 20.2. The largest absolute Gasteiger partial charge is 0.497 e. The lowest BCUT2D eigenvalue weighted by Crippen LogP contribution is -2.36. The molecule has 1 saturated heterocycles. The van der Waals surface area contributed by atoms with Crippen molar-refractivity contribution in [1.82, 2.24) is 20.3 Å². The normalized spacial score (nSPS) is 14.1. The fourth-order valence-corrected chi connectivity index (χ4v) is 4.42. The SMILES string of the molecule is COc1cccc(-c2nc3cc(C(=O)NCCc4cccnc4)ccc3nc2N2CCC(O)CC2)c1. The number of rotatable bonds is 7. The van der Waals surface area contributed by atoms with Crippen LogP contribution in [0.3, 0.4) is 0 Å². The van der Waals surface area contributed by atoms with Gasteiger partial charge in [0, 0.05) is 43.2 Å². The second-order valence-electron chi connectivity index (χ2n) is 8.92. The van der Waals surface area contributed by atoms with Gasteiger partial charge in [0.05, 0.1) is 24.2 Å². The number of amides is 1. The molecule has 0 saturated carbocycles. The molecule has 0 atom stereocenters. The van der Waals surface area contributed by atoms with Crippen LogP contribution in [0.5, 0.6) is 5.75 Å². The van der Waals surface area contributed by atoms with Crippen molar-refractivity contribution in [1.29, 1.82) is 0 Å². The number of hydrogen-bond donors (Lipinski definition) is 2. The van der Waals surface area contributed by atoms with E-state index in [-0.39, 0.29) is 12.0 Å². The Kier molecular flexibility index (Phi) is 7.04. The highest BCUT2D eigenvalue weighted by Crippen LogP contribution is 2.33. The van der Waals surface area contributed by atoms with Crippen molar-refractivity contribution in [2.45, 2.75) is 25.4 Å². The van der Waals surface area contributed by atoms with Crippen molar-refractivity contribution in [3.05, 3.63) is 78.1 Å². The first kappa shape index (κ1) is 23.7. The molecular weight excluding hydrogens is 454 g/mol. The summed E-state index contributed by atoms with van der Waals surface area (Å²) in [7, 11) is 1.64. The van der Waals surface area contributed by atoms with Crippen molar-refractivity contribution in [3.63, 3.8) is 0 Å². The lowest BCUT2D eigenvalue weighted by Gasteiger charge is -2.31. The first-order chi connectivity index (χ1) is 17.6. The number of aliphatic hydroxyl groups is 1. The van der Waals surface area contributed by atoms with Crippen molar-refractivity contribution in [2.24, 2.45) is 0 Å². The predicted molar refractivity (Wildman–Crippen MR) is 139 cm³/mol. The summed E-state index contributed by atoms with van der Waals surface area (Å²) >= 11 is 0. The molecule has 0 spiro atoms. The Bertz CT molecular complexity index is 1350. The first-order valence-electron chi connectivity index (χ1n) is 12.2. The number of pyridine rings is 1. The van der Waals surface area contributed by atoms with E-state index in [9.17, 15) is 9.90 Å². The minimum absolute atomic E-state index is 0.153. The Balaban J connectivity index is 1.45. The molecule has 1 aliphatic heterocycles. The summed E-state index contributed by atoms with van der Waals surface area (Å²) in [6, 6.07) is 17.0. The van der Waals surface area contributed by atoms with Crippen LogP contribution in [-0.2, 0) is 6.42 Å². The van der Waals surface area contributed by atoms with Gasteiger partial charge in [0.15, 0.2) is 5.82 Å². The smallest absolute Gasteiger partial charge is 0.251 e. The van der Waals surface area contributed by atoms with E-state index in [1.165, 1.54) is 0 Å². The molecule has 0 radical (unpaired) electrons. The molecule has 0 bridgehead atoms. The van der Waals surface area contributed by atoms with Gasteiger partial charge in [-0.3, -0.25) is 9.78 Å². The van der Waals surface area contributed by atoms with Crippen LogP contribution in [0.1, 0.15) is 28.8 Å². The Labute approximate surface area is 210 Å². The molecule has 2 aromatic heterocycles.